The van der Waals surface area contributed by atoms with Gasteiger partial charge in [-0.25, -0.2) is 8.78 Å². The molecule has 22 heavy (non-hydrogen) atoms. The molecule has 0 unspecified atom stereocenters. The maximum Gasteiger partial charge on any atom is 0.220 e. The van der Waals surface area contributed by atoms with Crippen LogP contribution in [0.25, 0.3) is 0 Å². The molecule has 0 aliphatic heterocycles. The molecule has 1 amide bonds. The molecule has 1 aliphatic carbocycles. The van der Waals surface area contributed by atoms with E-state index < -0.39 is 11.6 Å². The summed E-state index contributed by atoms with van der Waals surface area (Å²) < 4.78 is 27.0. The minimum Gasteiger partial charge on any atom is -0.356 e. The first-order chi connectivity index (χ1) is 10.6. The molecule has 0 aromatic heterocycles. The van der Waals surface area contributed by atoms with Crippen molar-refractivity contribution in [1.82, 2.24) is 5.32 Å². The van der Waals surface area contributed by atoms with Crippen LogP contribution in [-0.4, -0.2) is 19.0 Å². The van der Waals surface area contributed by atoms with Crippen LogP contribution in [0.3, 0.4) is 0 Å². The van der Waals surface area contributed by atoms with Crippen LogP contribution in [0, 0.1) is 17.0 Å². The number of hydrogen-bond acceptors (Lipinski definition) is 2. The standard InChI is InChI=1S/C17H24F2N2O/c18-14-5-4-6-15(19)13(14)7-10-21-16(22)11-17(12-20)8-2-1-3-9-17/h4-6H,1-3,7-12,20H2,(H,21,22). The summed E-state index contributed by atoms with van der Waals surface area (Å²) in [6, 6.07) is 3.79. The summed E-state index contributed by atoms with van der Waals surface area (Å²) in [4.78, 5) is 12.1. The van der Waals surface area contributed by atoms with E-state index >= 15 is 0 Å². The summed E-state index contributed by atoms with van der Waals surface area (Å²) in [5, 5.41) is 2.76. The number of amides is 1. The zero-order valence-corrected chi connectivity index (χ0v) is 12.8. The molecule has 0 bridgehead atoms. The van der Waals surface area contributed by atoms with Gasteiger partial charge in [-0.15, -0.1) is 0 Å². The van der Waals surface area contributed by atoms with Crippen LogP contribution in [0.4, 0.5) is 8.78 Å². The number of hydrogen-bond donors (Lipinski definition) is 2. The molecule has 0 spiro atoms. The van der Waals surface area contributed by atoms with Gasteiger partial charge < -0.3 is 11.1 Å². The van der Waals surface area contributed by atoms with Gasteiger partial charge in [0.1, 0.15) is 11.6 Å². The van der Waals surface area contributed by atoms with Crippen molar-refractivity contribution in [2.75, 3.05) is 13.1 Å². The molecule has 1 aliphatic rings. The minimum absolute atomic E-state index is 0.0222. The Morgan fingerprint density at radius 3 is 2.41 bits per heavy atom. The van der Waals surface area contributed by atoms with E-state index in [1.54, 1.807) is 0 Å². The second-order valence-electron chi connectivity index (χ2n) is 6.24. The molecule has 0 heterocycles. The third kappa shape index (κ3) is 4.26. The first-order valence-electron chi connectivity index (χ1n) is 7.96. The maximum atomic E-state index is 13.5. The lowest BCUT2D eigenvalue weighted by Gasteiger charge is -2.35. The molecule has 0 saturated heterocycles. The molecule has 3 nitrogen and oxygen atoms in total. The van der Waals surface area contributed by atoms with Gasteiger partial charge in [-0.2, -0.15) is 0 Å². The number of nitrogens with one attached hydrogen (secondary N) is 1. The highest BCUT2D eigenvalue weighted by Gasteiger charge is 2.32. The molecule has 122 valence electrons. The third-order valence-corrected chi connectivity index (χ3v) is 4.64. The zero-order chi connectivity index (χ0) is 16.0. The van der Waals surface area contributed by atoms with E-state index in [9.17, 15) is 13.6 Å². The Kier molecular flexibility index (Phi) is 5.89. The highest BCUT2D eigenvalue weighted by atomic mass is 19.1. The van der Waals surface area contributed by atoms with Gasteiger partial charge in [0.05, 0.1) is 0 Å². The SMILES string of the molecule is NCC1(CC(=O)NCCc2c(F)cccc2F)CCCCC1. The molecule has 3 N–H and O–H groups in total. The quantitative estimate of drug-likeness (QED) is 0.849. The predicted octanol–water partition coefficient (Wildman–Crippen LogP) is 2.92. The molecule has 2 rings (SSSR count). The second-order valence-corrected chi connectivity index (χ2v) is 6.24. The maximum absolute atomic E-state index is 13.5. The van der Waals surface area contributed by atoms with Gasteiger partial charge in [-0.1, -0.05) is 25.3 Å². The highest BCUT2D eigenvalue weighted by molar-refractivity contribution is 5.76. The fraction of sp³-hybridized carbons (Fsp3) is 0.588. The van der Waals surface area contributed by atoms with Crippen LogP contribution in [0.1, 0.15) is 44.1 Å². The Balaban J connectivity index is 1.82. The van der Waals surface area contributed by atoms with E-state index in [0.29, 0.717) is 13.0 Å². The van der Waals surface area contributed by atoms with Gasteiger partial charge in [0, 0.05) is 18.5 Å². The van der Waals surface area contributed by atoms with Crippen LogP contribution < -0.4 is 11.1 Å². The molecular formula is C17H24F2N2O. The molecular weight excluding hydrogens is 286 g/mol. The van der Waals surface area contributed by atoms with Crippen LogP contribution in [0.2, 0.25) is 0 Å². The summed E-state index contributed by atoms with van der Waals surface area (Å²) in [5.41, 5.74) is 5.80. The number of carbonyl (C=O) groups is 1. The van der Waals surface area contributed by atoms with Crippen molar-refractivity contribution < 1.29 is 13.6 Å². The van der Waals surface area contributed by atoms with Crippen LogP contribution >= 0.6 is 0 Å². The Bertz CT molecular complexity index is 493. The van der Waals surface area contributed by atoms with Crippen molar-refractivity contribution in [1.29, 1.82) is 0 Å². The third-order valence-electron chi connectivity index (χ3n) is 4.64. The topological polar surface area (TPSA) is 55.1 Å². The van der Waals surface area contributed by atoms with Crippen molar-refractivity contribution in [3.05, 3.63) is 35.4 Å². The first-order valence-corrected chi connectivity index (χ1v) is 7.96. The van der Waals surface area contributed by atoms with Gasteiger partial charge >= 0.3 is 0 Å². The number of carbonyl (C=O) groups excluding carboxylic acids is 1. The molecule has 5 heteroatoms. The normalized spacial score (nSPS) is 17.2. The predicted molar refractivity (Wildman–Crippen MR) is 82.3 cm³/mol. The second kappa shape index (κ2) is 7.68. The van der Waals surface area contributed by atoms with E-state index in [2.05, 4.69) is 5.32 Å². The molecule has 1 saturated carbocycles. The van der Waals surface area contributed by atoms with Gasteiger partial charge in [0.25, 0.3) is 0 Å². The number of nitrogens with two attached hydrogens (primary N) is 1. The van der Waals surface area contributed by atoms with E-state index in [0.717, 1.165) is 25.7 Å². The Morgan fingerprint density at radius 1 is 1.18 bits per heavy atom. The molecule has 1 aromatic carbocycles. The average molecular weight is 310 g/mol. The van der Waals surface area contributed by atoms with Crippen molar-refractivity contribution in [3.63, 3.8) is 0 Å². The van der Waals surface area contributed by atoms with Crippen molar-refractivity contribution >= 4 is 5.91 Å². The van der Waals surface area contributed by atoms with E-state index in [1.165, 1.54) is 24.6 Å². The Hall–Kier alpha value is -1.49. The first kappa shape index (κ1) is 16.9. The monoisotopic (exact) mass is 310 g/mol. The summed E-state index contributed by atoms with van der Waals surface area (Å²) >= 11 is 0. The summed E-state index contributed by atoms with van der Waals surface area (Å²) in [6.45, 7) is 0.750. The summed E-state index contributed by atoms with van der Waals surface area (Å²) in [5.74, 6) is -1.22. The Labute approximate surface area is 130 Å². The number of rotatable bonds is 6. The summed E-state index contributed by atoms with van der Waals surface area (Å²) in [6.07, 6.45) is 5.96. The minimum atomic E-state index is -0.569. The smallest absolute Gasteiger partial charge is 0.220 e. The van der Waals surface area contributed by atoms with E-state index in [4.69, 9.17) is 5.73 Å². The average Bonchev–Trinajstić information content (AvgIpc) is 2.51. The number of benzene rings is 1. The van der Waals surface area contributed by atoms with E-state index in [1.807, 2.05) is 0 Å². The largest absolute Gasteiger partial charge is 0.356 e. The fourth-order valence-corrected chi connectivity index (χ4v) is 3.26. The van der Waals surface area contributed by atoms with Crippen LogP contribution in [-0.2, 0) is 11.2 Å². The lowest BCUT2D eigenvalue weighted by atomic mass is 9.71. The molecule has 1 fully saturated rings. The number of halogens is 2. The van der Waals surface area contributed by atoms with Crippen molar-refractivity contribution in [2.24, 2.45) is 11.1 Å². The molecule has 1 aromatic rings. The lowest BCUT2D eigenvalue weighted by Crippen LogP contribution is -2.39. The van der Waals surface area contributed by atoms with Gasteiger partial charge in [0.2, 0.25) is 5.91 Å². The summed E-state index contributed by atoms with van der Waals surface area (Å²) in [7, 11) is 0. The van der Waals surface area contributed by atoms with Gasteiger partial charge in [-0.3, -0.25) is 4.79 Å². The van der Waals surface area contributed by atoms with Crippen molar-refractivity contribution in [3.8, 4) is 0 Å². The molecule has 0 atom stereocenters. The fourth-order valence-electron chi connectivity index (χ4n) is 3.26. The lowest BCUT2D eigenvalue weighted by molar-refractivity contribution is -0.123. The zero-order valence-electron chi connectivity index (χ0n) is 12.8. The Morgan fingerprint density at radius 2 is 1.82 bits per heavy atom. The van der Waals surface area contributed by atoms with E-state index in [-0.39, 0.29) is 29.9 Å². The van der Waals surface area contributed by atoms with Gasteiger partial charge in [0.15, 0.2) is 0 Å². The van der Waals surface area contributed by atoms with Gasteiger partial charge in [-0.05, 0) is 43.4 Å². The molecule has 0 radical (unpaired) electrons. The van der Waals surface area contributed by atoms with Crippen LogP contribution in [0.15, 0.2) is 18.2 Å². The highest BCUT2D eigenvalue weighted by Crippen LogP contribution is 2.38. The van der Waals surface area contributed by atoms with Crippen molar-refractivity contribution in [2.45, 2.75) is 44.9 Å². The van der Waals surface area contributed by atoms with Crippen LogP contribution in [0.5, 0.6) is 0 Å².